The largest absolute Gasteiger partial charge is 0.400 e. The number of nitrogens with zero attached hydrogens (tertiary/aromatic N) is 1. The Morgan fingerprint density at radius 1 is 1.86 bits per heavy atom. The summed E-state index contributed by atoms with van der Waals surface area (Å²) in [5.41, 5.74) is 6.14. The van der Waals surface area contributed by atoms with E-state index in [-0.39, 0.29) is 0 Å². The molecule has 2 N–H and O–H groups in total. The van der Waals surface area contributed by atoms with Crippen LogP contribution in [0.5, 0.6) is 0 Å². The molecule has 36 valence electrons. The smallest absolute Gasteiger partial charge is 0.0878 e. The van der Waals surface area contributed by atoms with Crippen LogP contribution in [-0.4, -0.2) is 12.4 Å². The molecule has 2 nitrogen and oxygen atoms in total. The Bertz CT molecular complexity index is 149. The van der Waals surface area contributed by atoms with Crippen molar-refractivity contribution in [2.75, 3.05) is 6.54 Å². The molecule has 7 heavy (non-hydrogen) atoms. The first kappa shape index (κ1) is 4.16. The highest BCUT2D eigenvalue weighted by atomic mass is 14.8. The van der Waals surface area contributed by atoms with Gasteiger partial charge in [-0.3, -0.25) is 0 Å². The van der Waals surface area contributed by atoms with Gasteiger partial charge in [-0.25, -0.2) is 4.99 Å². The zero-order valence-corrected chi connectivity index (χ0v) is 3.89. The third kappa shape index (κ3) is 0.913. The van der Waals surface area contributed by atoms with Crippen molar-refractivity contribution >= 4 is 5.87 Å². The second kappa shape index (κ2) is 1.63. The quantitative estimate of drug-likeness (QED) is 0.453. The van der Waals surface area contributed by atoms with E-state index >= 15 is 0 Å². The number of nitrogens with two attached hydrogens (primary N) is 1. The van der Waals surface area contributed by atoms with E-state index in [1.165, 1.54) is 0 Å². The Kier molecular flexibility index (Phi) is 0.966. The maximum Gasteiger partial charge on any atom is 0.0878 e. The second-order valence-electron chi connectivity index (χ2n) is 1.35. The molecule has 0 aromatic heterocycles. The molecule has 0 unspecified atom stereocenters. The molecule has 0 bridgehead atoms. The molecule has 0 fully saturated rings. The van der Waals surface area contributed by atoms with Crippen molar-refractivity contribution in [3.63, 3.8) is 0 Å². The summed E-state index contributed by atoms with van der Waals surface area (Å²) < 4.78 is 0. The summed E-state index contributed by atoms with van der Waals surface area (Å²) in [4.78, 5) is 3.76. The Morgan fingerprint density at radius 3 is 3.00 bits per heavy atom. The highest BCUT2D eigenvalue weighted by Crippen LogP contribution is 1.87. The van der Waals surface area contributed by atoms with Crippen LogP contribution in [-0.2, 0) is 0 Å². The number of hydrogen-bond donors (Lipinski definition) is 1. The first-order valence-electron chi connectivity index (χ1n) is 2.09. The minimum atomic E-state index is 0.608. The van der Waals surface area contributed by atoms with E-state index in [2.05, 4.69) is 10.9 Å². The van der Waals surface area contributed by atoms with Crippen LogP contribution >= 0.6 is 0 Å². The van der Waals surface area contributed by atoms with Crippen molar-refractivity contribution in [2.24, 2.45) is 10.7 Å². The summed E-state index contributed by atoms with van der Waals surface area (Å²) in [5, 5.41) is 0. The minimum Gasteiger partial charge on any atom is -0.400 e. The Hall–Kier alpha value is -1.01. The summed E-state index contributed by atoms with van der Waals surface area (Å²) in [6, 6.07) is 0. The molecule has 1 aliphatic rings. The summed E-state index contributed by atoms with van der Waals surface area (Å²) in [5.74, 6) is 2.66. The summed E-state index contributed by atoms with van der Waals surface area (Å²) in [7, 11) is 0. The third-order valence-corrected chi connectivity index (χ3v) is 0.725. The van der Waals surface area contributed by atoms with Gasteiger partial charge < -0.3 is 5.73 Å². The first-order chi connectivity index (χ1) is 3.39. The van der Waals surface area contributed by atoms with E-state index in [0.717, 1.165) is 5.70 Å². The van der Waals surface area contributed by atoms with Gasteiger partial charge in [0.25, 0.3) is 0 Å². The van der Waals surface area contributed by atoms with Gasteiger partial charge in [-0.1, -0.05) is 0 Å². The third-order valence-electron chi connectivity index (χ3n) is 0.725. The van der Waals surface area contributed by atoms with Gasteiger partial charge in [0.1, 0.15) is 0 Å². The van der Waals surface area contributed by atoms with Gasteiger partial charge in [0.15, 0.2) is 0 Å². The van der Waals surface area contributed by atoms with Crippen LogP contribution in [0.25, 0.3) is 0 Å². The van der Waals surface area contributed by atoms with E-state index in [1.54, 1.807) is 12.2 Å². The average molecular weight is 94.1 g/mol. The van der Waals surface area contributed by atoms with Gasteiger partial charge in [0.05, 0.1) is 6.54 Å². The number of allylic oxidation sites excluding steroid dienone is 2. The Labute approximate surface area is 42.0 Å². The van der Waals surface area contributed by atoms with Crippen molar-refractivity contribution < 1.29 is 0 Å². The number of hydrogen-bond acceptors (Lipinski definition) is 2. The first-order valence-corrected chi connectivity index (χ1v) is 2.09. The zero-order valence-electron chi connectivity index (χ0n) is 3.89. The van der Waals surface area contributed by atoms with E-state index in [0.29, 0.717) is 6.54 Å². The standard InChI is InChI=1S/C5H6N2/c6-5-2-1-3-7-4-5/h1-2H,4,6H2. The van der Waals surface area contributed by atoms with Crippen LogP contribution in [0, 0.1) is 0 Å². The molecule has 1 aliphatic heterocycles. The average Bonchev–Trinajstić information content (AvgIpc) is 1.69. The molecule has 0 aromatic rings. The summed E-state index contributed by atoms with van der Waals surface area (Å²) in [6.07, 6.45) is 3.51. The predicted octanol–water partition coefficient (Wildman–Crippen LogP) is 0.0685. The van der Waals surface area contributed by atoms with Crippen LogP contribution in [0.4, 0.5) is 0 Å². The topological polar surface area (TPSA) is 38.4 Å². The van der Waals surface area contributed by atoms with Crippen LogP contribution in [0.3, 0.4) is 0 Å². The highest BCUT2D eigenvalue weighted by Gasteiger charge is 1.84. The zero-order chi connectivity index (χ0) is 5.11. The fraction of sp³-hybridized carbons (Fsp3) is 0.200. The van der Waals surface area contributed by atoms with Crippen molar-refractivity contribution in [1.29, 1.82) is 0 Å². The lowest BCUT2D eigenvalue weighted by Crippen LogP contribution is -2.01. The van der Waals surface area contributed by atoms with Gasteiger partial charge in [-0.15, -0.1) is 0 Å². The van der Waals surface area contributed by atoms with Crippen molar-refractivity contribution in [2.45, 2.75) is 0 Å². The van der Waals surface area contributed by atoms with Gasteiger partial charge >= 0.3 is 0 Å². The van der Waals surface area contributed by atoms with E-state index in [1.807, 2.05) is 0 Å². The highest BCUT2D eigenvalue weighted by molar-refractivity contribution is 5.57. The fourth-order valence-corrected chi connectivity index (χ4v) is 0.387. The lowest BCUT2D eigenvalue weighted by atomic mass is 10.4. The lowest BCUT2D eigenvalue weighted by molar-refractivity contribution is 1.11. The molecule has 1 heterocycles. The molecule has 0 amide bonds. The predicted molar refractivity (Wildman–Crippen MR) is 29.1 cm³/mol. The molecule has 0 saturated heterocycles. The van der Waals surface area contributed by atoms with Crippen molar-refractivity contribution in [1.82, 2.24) is 0 Å². The SMILES string of the molecule is NC1=CC=C=NC1. The molecule has 0 aromatic carbocycles. The van der Waals surface area contributed by atoms with Crippen LogP contribution in [0.15, 0.2) is 22.8 Å². The summed E-state index contributed by atoms with van der Waals surface area (Å²) >= 11 is 0. The molecule has 0 saturated carbocycles. The van der Waals surface area contributed by atoms with Crippen molar-refractivity contribution in [3.05, 3.63) is 17.8 Å². The fourth-order valence-electron chi connectivity index (χ4n) is 0.387. The van der Waals surface area contributed by atoms with Crippen LogP contribution in [0.1, 0.15) is 0 Å². The normalized spacial score (nSPS) is 16.9. The molecule has 2 heteroatoms. The molecule has 1 rings (SSSR count). The van der Waals surface area contributed by atoms with Gasteiger partial charge in [-0.05, 0) is 11.9 Å². The Morgan fingerprint density at radius 2 is 2.71 bits per heavy atom. The van der Waals surface area contributed by atoms with Crippen LogP contribution < -0.4 is 5.73 Å². The molecule has 0 radical (unpaired) electrons. The molecule has 0 atom stereocenters. The molecular formula is C5H6N2. The molecule has 0 spiro atoms. The number of aliphatic imine (C=N–C) groups is 1. The molecular weight excluding hydrogens is 88.1 g/mol. The van der Waals surface area contributed by atoms with Crippen molar-refractivity contribution in [3.8, 4) is 0 Å². The second-order valence-corrected chi connectivity index (χ2v) is 1.35. The van der Waals surface area contributed by atoms with E-state index in [4.69, 9.17) is 5.73 Å². The summed E-state index contributed by atoms with van der Waals surface area (Å²) in [6.45, 7) is 0.608. The Balaban J connectivity index is 2.77. The number of rotatable bonds is 0. The van der Waals surface area contributed by atoms with E-state index < -0.39 is 0 Å². The monoisotopic (exact) mass is 94.1 g/mol. The maximum absolute atomic E-state index is 5.33. The minimum absolute atomic E-state index is 0.608. The molecule has 0 aliphatic carbocycles. The van der Waals surface area contributed by atoms with Gasteiger partial charge in [-0.2, -0.15) is 0 Å². The maximum atomic E-state index is 5.33. The van der Waals surface area contributed by atoms with Gasteiger partial charge in [0.2, 0.25) is 0 Å². The van der Waals surface area contributed by atoms with Crippen LogP contribution in [0.2, 0.25) is 0 Å². The lowest BCUT2D eigenvalue weighted by Gasteiger charge is -1.92. The van der Waals surface area contributed by atoms with Gasteiger partial charge in [0, 0.05) is 11.8 Å². The van der Waals surface area contributed by atoms with E-state index in [9.17, 15) is 0 Å².